The monoisotopic (exact) mass is 534 g/mol. The van der Waals surface area contributed by atoms with Gasteiger partial charge in [-0.25, -0.2) is 13.9 Å². The molecule has 11 nitrogen and oxygen atoms in total. The molecule has 1 amide bonds. The van der Waals surface area contributed by atoms with E-state index in [-0.39, 0.29) is 48.2 Å². The first-order valence-corrected chi connectivity index (χ1v) is 13.0. The summed E-state index contributed by atoms with van der Waals surface area (Å²) in [6.07, 6.45) is 5.16. The van der Waals surface area contributed by atoms with Crippen molar-refractivity contribution in [2.45, 2.75) is 37.8 Å². The number of piperazine rings is 1. The van der Waals surface area contributed by atoms with E-state index >= 15 is 0 Å². The third-order valence-corrected chi connectivity index (χ3v) is 7.49. The van der Waals surface area contributed by atoms with E-state index in [0.717, 1.165) is 19.4 Å². The number of carbonyl (C=O) groups excluding carboxylic acids is 1. The second kappa shape index (κ2) is 11.2. The summed E-state index contributed by atoms with van der Waals surface area (Å²) in [6, 6.07) is 6.39. The molecule has 0 radical (unpaired) electrons. The van der Waals surface area contributed by atoms with Crippen molar-refractivity contribution < 1.29 is 19.0 Å². The van der Waals surface area contributed by atoms with Crippen LogP contribution in [-0.2, 0) is 11.2 Å². The summed E-state index contributed by atoms with van der Waals surface area (Å²) in [4.78, 5) is 27.5. The molecule has 2 aliphatic rings. The highest BCUT2D eigenvalue weighted by Gasteiger charge is 2.32. The van der Waals surface area contributed by atoms with Gasteiger partial charge in [0, 0.05) is 37.7 Å². The fourth-order valence-electron chi connectivity index (χ4n) is 5.29. The molecule has 204 valence electrons. The summed E-state index contributed by atoms with van der Waals surface area (Å²) < 4.78 is 22.2. The summed E-state index contributed by atoms with van der Waals surface area (Å²) in [5, 5.41) is 24.3. The van der Waals surface area contributed by atoms with Crippen molar-refractivity contribution in [1.82, 2.24) is 29.4 Å². The zero-order valence-electron chi connectivity index (χ0n) is 21.8. The minimum absolute atomic E-state index is 0.0552. The highest BCUT2D eigenvalue weighted by Crippen LogP contribution is 2.28. The quantitative estimate of drug-likeness (QED) is 0.433. The van der Waals surface area contributed by atoms with Gasteiger partial charge in [0.2, 0.25) is 5.91 Å². The van der Waals surface area contributed by atoms with Gasteiger partial charge in [0.05, 0.1) is 30.4 Å². The van der Waals surface area contributed by atoms with Gasteiger partial charge in [0.15, 0.2) is 11.5 Å². The van der Waals surface area contributed by atoms with Crippen LogP contribution in [0, 0.1) is 17.1 Å². The van der Waals surface area contributed by atoms with E-state index in [1.54, 1.807) is 15.6 Å². The van der Waals surface area contributed by atoms with E-state index in [1.807, 2.05) is 4.90 Å². The highest BCUT2D eigenvalue weighted by atomic mass is 19.1. The zero-order valence-corrected chi connectivity index (χ0v) is 21.8. The predicted octanol–water partition coefficient (Wildman–Crippen LogP) is 2.15. The summed E-state index contributed by atoms with van der Waals surface area (Å²) in [6.45, 7) is 6.20. The largest absolute Gasteiger partial charge is 0.508 e. The molecule has 39 heavy (non-hydrogen) atoms. The number of likely N-dealkylation sites (tertiary alicyclic amines) is 1. The average Bonchev–Trinajstić information content (AvgIpc) is 3.54. The van der Waals surface area contributed by atoms with Crippen molar-refractivity contribution in [3.05, 3.63) is 54.1 Å². The number of imidazole rings is 1. The number of carbonyl (C=O) groups is 1. The Morgan fingerprint density at radius 3 is 2.90 bits per heavy atom. The van der Waals surface area contributed by atoms with E-state index < -0.39 is 5.82 Å². The number of fused-ring (bicyclic) bond motifs is 1. The molecule has 12 heteroatoms. The number of benzene rings is 1. The van der Waals surface area contributed by atoms with Gasteiger partial charge in [-0.2, -0.15) is 10.2 Å². The number of aromatic nitrogens is 4. The molecule has 2 fully saturated rings. The van der Waals surface area contributed by atoms with E-state index in [9.17, 15) is 19.6 Å². The van der Waals surface area contributed by atoms with Crippen molar-refractivity contribution in [2.75, 3.05) is 44.7 Å². The van der Waals surface area contributed by atoms with Gasteiger partial charge in [-0.15, -0.1) is 5.10 Å². The Balaban J connectivity index is 1.51. The summed E-state index contributed by atoms with van der Waals surface area (Å²) in [5.41, 5.74) is 1.12. The standard InChI is InChI=1S/C27H31FN8O3/c1-3-24(38)35-13-12-34(16-18(35)9-10-29)26-25-30-15-20(14-21-22(28)7-4-8-23(21)37)36(25)32-27(31-26)39-17-19-6-5-11-33(19)2/h3-4,7-8,15,18-19,37H,1,5-6,9,11-14,16-17H2,2H3/t18-,19-/m0/s1. The van der Waals surface area contributed by atoms with Crippen LogP contribution in [0.2, 0.25) is 0 Å². The Morgan fingerprint density at radius 2 is 2.18 bits per heavy atom. The number of rotatable bonds is 8. The van der Waals surface area contributed by atoms with Crippen LogP contribution >= 0.6 is 0 Å². The molecule has 2 saturated heterocycles. The molecule has 4 heterocycles. The number of hydrogen-bond acceptors (Lipinski definition) is 9. The minimum atomic E-state index is -0.526. The molecular weight excluding hydrogens is 503 g/mol. The Morgan fingerprint density at radius 1 is 1.33 bits per heavy atom. The summed E-state index contributed by atoms with van der Waals surface area (Å²) in [7, 11) is 2.06. The fraction of sp³-hybridized carbons (Fsp3) is 0.444. The zero-order chi connectivity index (χ0) is 27.5. The van der Waals surface area contributed by atoms with Crippen molar-refractivity contribution >= 4 is 17.4 Å². The number of likely N-dealkylation sites (N-methyl/N-ethyl adjacent to an activating group) is 1. The van der Waals surface area contributed by atoms with Crippen LogP contribution in [0.15, 0.2) is 37.1 Å². The van der Waals surface area contributed by atoms with Crippen LogP contribution in [0.4, 0.5) is 10.2 Å². The van der Waals surface area contributed by atoms with Crippen LogP contribution < -0.4 is 9.64 Å². The predicted molar refractivity (Wildman–Crippen MR) is 141 cm³/mol. The van der Waals surface area contributed by atoms with E-state index in [0.29, 0.717) is 43.4 Å². The van der Waals surface area contributed by atoms with Crippen LogP contribution in [0.5, 0.6) is 11.8 Å². The van der Waals surface area contributed by atoms with Gasteiger partial charge in [0.25, 0.3) is 0 Å². The second-order valence-corrected chi connectivity index (χ2v) is 9.90. The van der Waals surface area contributed by atoms with Gasteiger partial charge in [-0.3, -0.25) is 4.79 Å². The highest BCUT2D eigenvalue weighted by molar-refractivity contribution is 5.87. The number of amides is 1. The molecule has 0 spiro atoms. The molecule has 1 N–H and O–H groups in total. The summed E-state index contributed by atoms with van der Waals surface area (Å²) >= 11 is 0. The number of nitriles is 1. The van der Waals surface area contributed by atoms with Gasteiger partial charge >= 0.3 is 6.01 Å². The normalized spacial score (nSPS) is 19.8. The number of anilines is 1. The molecule has 0 unspecified atom stereocenters. The SMILES string of the molecule is C=CC(=O)N1CCN(c2nc(OC[C@@H]3CCCN3C)nn3c(Cc4c(O)cccc4F)cnc23)C[C@@H]1CC#N. The maximum Gasteiger partial charge on any atom is 0.336 e. The topological polar surface area (TPSA) is 123 Å². The molecule has 0 bridgehead atoms. The first-order chi connectivity index (χ1) is 18.9. The Kier molecular flexibility index (Phi) is 7.60. The average molecular weight is 535 g/mol. The lowest BCUT2D eigenvalue weighted by molar-refractivity contribution is -0.128. The lowest BCUT2D eigenvalue weighted by atomic mass is 10.1. The second-order valence-electron chi connectivity index (χ2n) is 9.90. The van der Waals surface area contributed by atoms with Gasteiger partial charge in [-0.05, 0) is 44.6 Å². The molecule has 1 aromatic carbocycles. The number of phenols is 1. The van der Waals surface area contributed by atoms with Gasteiger partial charge in [-0.1, -0.05) is 12.6 Å². The summed E-state index contributed by atoms with van der Waals surface area (Å²) in [5.74, 6) is -0.401. The number of nitrogens with zero attached hydrogens (tertiary/aromatic N) is 8. The van der Waals surface area contributed by atoms with Gasteiger partial charge in [0.1, 0.15) is 18.2 Å². The number of hydrogen-bond donors (Lipinski definition) is 1. The van der Waals surface area contributed by atoms with Crippen molar-refractivity contribution in [1.29, 1.82) is 5.26 Å². The number of halogens is 1. The molecule has 2 aromatic heterocycles. The molecular formula is C27H31FN8O3. The minimum Gasteiger partial charge on any atom is -0.508 e. The molecule has 2 atom stereocenters. The molecule has 5 rings (SSSR count). The van der Waals surface area contributed by atoms with Crippen molar-refractivity contribution in [3.63, 3.8) is 0 Å². The molecule has 2 aliphatic heterocycles. The Labute approximate surface area is 225 Å². The van der Waals surface area contributed by atoms with Crippen LogP contribution in [0.25, 0.3) is 5.65 Å². The number of aromatic hydroxyl groups is 1. The third-order valence-electron chi connectivity index (χ3n) is 7.49. The molecule has 3 aromatic rings. The molecule has 0 aliphatic carbocycles. The Bertz CT molecular complexity index is 1400. The Hall–Kier alpha value is -4.24. The first kappa shape index (κ1) is 26.4. The maximum absolute atomic E-state index is 14.5. The number of ether oxygens (including phenoxy) is 1. The number of phenolic OH excluding ortho intramolecular Hbond substituents is 1. The van der Waals surface area contributed by atoms with E-state index in [4.69, 9.17) is 9.72 Å². The van der Waals surface area contributed by atoms with E-state index in [2.05, 4.69) is 34.7 Å². The molecule has 0 saturated carbocycles. The van der Waals surface area contributed by atoms with Crippen molar-refractivity contribution in [3.8, 4) is 17.8 Å². The smallest absolute Gasteiger partial charge is 0.336 e. The van der Waals surface area contributed by atoms with E-state index in [1.165, 1.54) is 24.3 Å². The first-order valence-electron chi connectivity index (χ1n) is 13.0. The van der Waals surface area contributed by atoms with Gasteiger partial charge < -0.3 is 24.5 Å². The van der Waals surface area contributed by atoms with Crippen LogP contribution in [-0.4, -0.2) is 92.3 Å². The third kappa shape index (κ3) is 5.35. The lowest BCUT2D eigenvalue weighted by Crippen LogP contribution is -2.55. The maximum atomic E-state index is 14.5. The fourth-order valence-corrected chi connectivity index (χ4v) is 5.29. The van der Waals surface area contributed by atoms with Crippen LogP contribution in [0.3, 0.4) is 0 Å². The lowest BCUT2D eigenvalue weighted by Gasteiger charge is -2.40. The van der Waals surface area contributed by atoms with Crippen molar-refractivity contribution in [2.24, 2.45) is 0 Å². The van der Waals surface area contributed by atoms with Crippen LogP contribution in [0.1, 0.15) is 30.5 Å².